The minimum Gasteiger partial charge on any atom is -0.379 e. The van der Waals surface area contributed by atoms with Gasteiger partial charge in [0.25, 0.3) is 0 Å². The molecule has 0 saturated carbocycles. The van der Waals surface area contributed by atoms with Crippen molar-refractivity contribution < 1.29 is 14.3 Å². The molecule has 1 aliphatic rings. The number of ether oxygens (including phenoxy) is 1. The van der Waals surface area contributed by atoms with Gasteiger partial charge in [-0.25, -0.2) is 0 Å². The van der Waals surface area contributed by atoms with Crippen molar-refractivity contribution in [2.45, 2.75) is 13.0 Å². The van der Waals surface area contributed by atoms with E-state index >= 15 is 0 Å². The summed E-state index contributed by atoms with van der Waals surface area (Å²) in [5, 5.41) is 5.90. The van der Waals surface area contributed by atoms with Gasteiger partial charge >= 0.3 is 0 Å². The van der Waals surface area contributed by atoms with Crippen LogP contribution in [0.2, 0.25) is 0 Å². The molecule has 1 fully saturated rings. The van der Waals surface area contributed by atoms with Crippen LogP contribution in [0, 0.1) is 5.92 Å². The van der Waals surface area contributed by atoms with E-state index in [1.165, 1.54) is 6.92 Å². The SMILES string of the molecule is CNC1COCC1C(=O)Nc1cccc(C(C)=O)c1. The van der Waals surface area contributed by atoms with Crippen molar-refractivity contribution in [3.8, 4) is 0 Å². The van der Waals surface area contributed by atoms with Crippen LogP contribution in [0.5, 0.6) is 0 Å². The van der Waals surface area contributed by atoms with Gasteiger partial charge in [0.1, 0.15) is 0 Å². The molecule has 2 atom stereocenters. The zero-order valence-corrected chi connectivity index (χ0v) is 11.1. The molecule has 0 aliphatic carbocycles. The Morgan fingerprint density at radius 1 is 1.32 bits per heavy atom. The smallest absolute Gasteiger partial charge is 0.231 e. The van der Waals surface area contributed by atoms with E-state index in [1.54, 1.807) is 24.3 Å². The summed E-state index contributed by atoms with van der Waals surface area (Å²) in [6.07, 6.45) is 0. The maximum atomic E-state index is 12.1. The topological polar surface area (TPSA) is 67.4 Å². The molecule has 1 aromatic carbocycles. The second kappa shape index (κ2) is 5.95. The van der Waals surface area contributed by atoms with Crippen LogP contribution in [-0.4, -0.2) is 38.0 Å². The molecule has 1 heterocycles. The molecule has 1 aromatic rings. The number of ketones is 1. The number of carbonyl (C=O) groups excluding carboxylic acids is 2. The van der Waals surface area contributed by atoms with Crippen molar-refractivity contribution in [3.63, 3.8) is 0 Å². The number of benzene rings is 1. The number of Topliss-reactive ketones (excluding diaryl/α,β-unsaturated/α-hetero) is 1. The maximum Gasteiger partial charge on any atom is 0.231 e. The summed E-state index contributed by atoms with van der Waals surface area (Å²) in [7, 11) is 1.82. The van der Waals surface area contributed by atoms with Crippen LogP contribution in [0.15, 0.2) is 24.3 Å². The molecule has 2 rings (SSSR count). The minimum absolute atomic E-state index is 0.0200. The van der Waals surface area contributed by atoms with E-state index in [0.717, 1.165) is 0 Å². The average molecular weight is 262 g/mol. The van der Waals surface area contributed by atoms with E-state index < -0.39 is 0 Å². The quantitative estimate of drug-likeness (QED) is 0.796. The van der Waals surface area contributed by atoms with E-state index in [4.69, 9.17) is 4.74 Å². The molecule has 5 nitrogen and oxygen atoms in total. The molecule has 5 heteroatoms. The number of likely N-dealkylation sites (N-methyl/N-ethyl adjacent to an activating group) is 1. The lowest BCUT2D eigenvalue weighted by atomic mass is 10.0. The van der Waals surface area contributed by atoms with Gasteiger partial charge in [-0.2, -0.15) is 0 Å². The highest BCUT2D eigenvalue weighted by Crippen LogP contribution is 2.17. The number of rotatable bonds is 4. The summed E-state index contributed by atoms with van der Waals surface area (Å²) in [6.45, 7) is 2.47. The molecule has 1 aliphatic heterocycles. The van der Waals surface area contributed by atoms with Gasteiger partial charge in [0.15, 0.2) is 5.78 Å². The molecule has 19 heavy (non-hydrogen) atoms. The Bertz CT molecular complexity index is 487. The summed E-state index contributed by atoms with van der Waals surface area (Å²) in [4.78, 5) is 23.4. The Morgan fingerprint density at radius 3 is 2.79 bits per heavy atom. The Morgan fingerprint density at radius 2 is 2.11 bits per heavy atom. The predicted molar refractivity (Wildman–Crippen MR) is 72.2 cm³/mol. The van der Waals surface area contributed by atoms with Gasteiger partial charge in [0.05, 0.1) is 19.1 Å². The predicted octanol–water partition coefficient (Wildman–Crippen LogP) is 1.06. The zero-order chi connectivity index (χ0) is 13.8. The fraction of sp³-hybridized carbons (Fsp3) is 0.429. The number of carbonyl (C=O) groups is 2. The van der Waals surface area contributed by atoms with E-state index in [1.807, 2.05) is 7.05 Å². The lowest BCUT2D eigenvalue weighted by Crippen LogP contribution is -2.39. The Labute approximate surface area is 112 Å². The van der Waals surface area contributed by atoms with Gasteiger partial charge in [0, 0.05) is 17.3 Å². The van der Waals surface area contributed by atoms with Crippen LogP contribution in [0.4, 0.5) is 5.69 Å². The van der Waals surface area contributed by atoms with Gasteiger partial charge in [-0.05, 0) is 26.1 Å². The van der Waals surface area contributed by atoms with Crippen LogP contribution in [0.1, 0.15) is 17.3 Å². The first-order valence-corrected chi connectivity index (χ1v) is 6.28. The van der Waals surface area contributed by atoms with Crippen LogP contribution in [-0.2, 0) is 9.53 Å². The third kappa shape index (κ3) is 3.19. The number of anilines is 1. The van der Waals surface area contributed by atoms with Crippen LogP contribution >= 0.6 is 0 Å². The van der Waals surface area contributed by atoms with Crippen molar-refractivity contribution in [2.75, 3.05) is 25.6 Å². The number of hydrogen-bond donors (Lipinski definition) is 2. The molecule has 0 aromatic heterocycles. The molecule has 2 N–H and O–H groups in total. The van der Waals surface area contributed by atoms with Crippen LogP contribution < -0.4 is 10.6 Å². The lowest BCUT2D eigenvalue weighted by Gasteiger charge is -2.16. The summed E-state index contributed by atoms with van der Waals surface area (Å²) in [5.74, 6) is -0.308. The summed E-state index contributed by atoms with van der Waals surface area (Å²) < 4.78 is 5.30. The molecule has 0 bridgehead atoms. The number of nitrogens with one attached hydrogen (secondary N) is 2. The molecule has 1 amide bonds. The monoisotopic (exact) mass is 262 g/mol. The number of amides is 1. The third-order valence-corrected chi connectivity index (χ3v) is 3.32. The highest BCUT2D eigenvalue weighted by atomic mass is 16.5. The fourth-order valence-electron chi connectivity index (χ4n) is 2.15. The Kier molecular flexibility index (Phi) is 4.29. The third-order valence-electron chi connectivity index (χ3n) is 3.32. The molecule has 2 unspecified atom stereocenters. The molecule has 0 spiro atoms. The van der Waals surface area contributed by atoms with E-state index in [0.29, 0.717) is 24.5 Å². The summed E-state index contributed by atoms with van der Waals surface area (Å²) in [5.41, 5.74) is 1.23. The fourth-order valence-corrected chi connectivity index (χ4v) is 2.15. The van der Waals surface area contributed by atoms with Gasteiger partial charge in [-0.1, -0.05) is 12.1 Å². The molecular formula is C14H18N2O3. The first-order valence-electron chi connectivity index (χ1n) is 6.28. The van der Waals surface area contributed by atoms with E-state index in [-0.39, 0.29) is 23.7 Å². The molecular weight excluding hydrogens is 244 g/mol. The Hall–Kier alpha value is -1.72. The van der Waals surface area contributed by atoms with Crippen molar-refractivity contribution >= 4 is 17.4 Å². The normalized spacial score (nSPS) is 22.2. The molecule has 1 saturated heterocycles. The van der Waals surface area contributed by atoms with Gasteiger partial charge < -0.3 is 15.4 Å². The highest BCUT2D eigenvalue weighted by Gasteiger charge is 2.32. The lowest BCUT2D eigenvalue weighted by molar-refractivity contribution is -0.120. The van der Waals surface area contributed by atoms with Crippen molar-refractivity contribution in [1.29, 1.82) is 0 Å². The molecule has 102 valence electrons. The van der Waals surface area contributed by atoms with Crippen molar-refractivity contribution in [1.82, 2.24) is 5.32 Å². The van der Waals surface area contributed by atoms with E-state index in [2.05, 4.69) is 10.6 Å². The number of hydrogen-bond acceptors (Lipinski definition) is 4. The standard InChI is InChI=1S/C14H18N2O3/c1-9(17)10-4-3-5-11(6-10)16-14(18)12-7-19-8-13(12)15-2/h3-6,12-13,15H,7-8H2,1-2H3,(H,16,18). The first-order chi connectivity index (χ1) is 9.11. The van der Waals surface area contributed by atoms with Crippen LogP contribution in [0.25, 0.3) is 0 Å². The van der Waals surface area contributed by atoms with Crippen molar-refractivity contribution in [3.05, 3.63) is 29.8 Å². The zero-order valence-electron chi connectivity index (χ0n) is 11.1. The van der Waals surface area contributed by atoms with Gasteiger partial charge in [0.2, 0.25) is 5.91 Å². The average Bonchev–Trinajstić information content (AvgIpc) is 2.87. The minimum atomic E-state index is -0.203. The van der Waals surface area contributed by atoms with Gasteiger partial charge in [-0.15, -0.1) is 0 Å². The summed E-state index contributed by atoms with van der Waals surface area (Å²) in [6, 6.07) is 6.98. The summed E-state index contributed by atoms with van der Waals surface area (Å²) >= 11 is 0. The van der Waals surface area contributed by atoms with E-state index in [9.17, 15) is 9.59 Å². The second-order valence-corrected chi connectivity index (χ2v) is 4.67. The van der Waals surface area contributed by atoms with Gasteiger partial charge in [-0.3, -0.25) is 9.59 Å². The largest absolute Gasteiger partial charge is 0.379 e. The maximum absolute atomic E-state index is 12.1. The first kappa shape index (κ1) is 13.7. The molecule has 0 radical (unpaired) electrons. The van der Waals surface area contributed by atoms with Crippen LogP contribution in [0.3, 0.4) is 0 Å². The highest BCUT2D eigenvalue weighted by molar-refractivity contribution is 5.97. The second-order valence-electron chi connectivity index (χ2n) is 4.67. The Balaban J connectivity index is 2.06. The van der Waals surface area contributed by atoms with Crippen molar-refractivity contribution in [2.24, 2.45) is 5.92 Å².